The highest BCUT2D eigenvalue weighted by molar-refractivity contribution is 5.95. The molecule has 0 saturated carbocycles. The van der Waals surface area contributed by atoms with Crippen molar-refractivity contribution in [1.82, 2.24) is 14.7 Å². The summed E-state index contributed by atoms with van der Waals surface area (Å²) in [7, 11) is 1.63. The molecular weight excluding hydrogens is 360 g/mol. The molecule has 0 radical (unpaired) electrons. The molecule has 1 aliphatic heterocycles. The zero-order valence-corrected chi connectivity index (χ0v) is 16.9. The standard InChI is InChI=1S/C20H30N4O4/c1-4-16-8-6-7-9-17(16)21-18(25)14-22(3)19(26)15-23-10-12-24(13-11-23)20(27)28-5-2/h6-9H,4-5,10-15H2,1-3H3,(H,21,25). The van der Waals surface area contributed by atoms with Gasteiger partial charge in [0.05, 0.1) is 19.7 Å². The first-order valence-corrected chi connectivity index (χ1v) is 9.70. The van der Waals surface area contributed by atoms with Crippen LogP contribution in [0.1, 0.15) is 19.4 Å². The largest absolute Gasteiger partial charge is 0.450 e. The van der Waals surface area contributed by atoms with Gasteiger partial charge in [0.15, 0.2) is 0 Å². The summed E-state index contributed by atoms with van der Waals surface area (Å²) >= 11 is 0. The molecule has 1 aromatic carbocycles. The number of ether oxygens (including phenoxy) is 1. The van der Waals surface area contributed by atoms with Gasteiger partial charge in [-0.15, -0.1) is 0 Å². The van der Waals surface area contributed by atoms with Crippen LogP contribution in [0.25, 0.3) is 0 Å². The molecule has 8 nitrogen and oxygen atoms in total. The van der Waals surface area contributed by atoms with Crippen molar-refractivity contribution in [1.29, 1.82) is 0 Å². The summed E-state index contributed by atoms with van der Waals surface area (Å²) in [6, 6.07) is 7.65. The van der Waals surface area contributed by atoms with Crippen molar-refractivity contribution in [2.45, 2.75) is 20.3 Å². The van der Waals surface area contributed by atoms with E-state index >= 15 is 0 Å². The van der Waals surface area contributed by atoms with Crippen LogP contribution in [-0.4, -0.2) is 85.5 Å². The van der Waals surface area contributed by atoms with Gasteiger partial charge in [-0.05, 0) is 25.0 Å². The van der Waals surface area contributed by atoms with E-state index < -0.39 is 0 Å². The summed E-state index contributed by atoms with van der Waals surface area (Å²) < 4.78 is 4.99. The van der Waals surface area contributed by atoms with Gasteiger partial charge < -0.3 is 19.9 Å². The Morgan fingerprint density at radius 3 is 2.43 bits per heavy atom. The number of nitrogens with zero attached hydrogens (tertiary/aromatic N) is 3. The number of likely N-dealkylation sites (N-methyl/N-ethyl adjacent to an activating group) is 1. The number of anilines is 1. The fourth-order valence-electron chi connectivity index (χ4n) is 3.06. The molecule has 0 bridgehead atoms. The molecule has 0 aromatic heterocycles. The molecular formula is C20H30N4O4. The molecule has 28 heavy (non-hydrogen) atoms. The van der Waals surface area contributed by atoms with Crippen molar-refractivity contribution in [3.05, 3.63) is 29.8 Å². The molecule has 1 aromatic rings. The highest BCUT2D eigenvalue weighted by atomic mass is 16.6. The van der Waals surface area contributed by atoms with Crippen LogP contribution in [0.3, 0.4) is 0 Å². The normalized spacial score (nSPS) is 14.5. The van der Waals surface area contributed by atoms with Crippen LogP contribution in [0.15, 0.2) is 24.3 Å². The lowest BCUT2D eigenvalue weighted by Crippen LogP contribution is -2.51. The molecule has 154 valence electrons. The second-order valence-corrected chi connectivity index (χ2v) is 6.77. The van der Waals surface area contributed by atoms with Crippen LogP contribution < -0.4 is 5.32 Å². The maximum absolute atomic E-state index is 12.4. The van der Waals surface area contributed by atoms with E-state index in [1.807, 2.05) is 36.1 Å². The number of carbonyl (C=O) groups is 3. The predicted octanol–water partition coefficient (Wildman–Crippen LogP) is 1.42. The van der Waals surface area contributed by atoms with Crippen LogP contribution >= 0.6 is 0 Å². The second-order valence-electron chi connectivity index (χ2n) is 6.77. The average Bonchev–Trinajstić information content (AvgIpc) is 2.69. The van der Waals surface area contributed by atoms with Crippen LogP contribution in [0.5, 0.6) is 0 Å². The zero-order chi connectivity index (χ0) is 20.5. The van der Waals surface area contributed by atoms with Crippen molar-refractivity contribution < 1.29 is 19.1 Å². The topological polar surface area (TPSA) is 82.2 Å². The van der Waals surface area contributed by atoms with Gasteiger partial charge in [0.25, 0.3) is 0 Å². The Hall–Kier alpha value is -2.61. The lowest BCUT2D eigenvalue weighted by molar-refractivity contribution is -0.134. The number of piperazine rings is 1. The van der Waals surface area contributed by atoms with Crippen molar-refractivity contribution in [2.75, 3.05) is 58.2 Å². The van der Waals surface area contributed by atoms with Crippen LogP contribution in [-0.2, 0) is 20.7 Å². The summed E-state index contributed by atoms with van der Waals surface area (Å²) in [6.45, 7) is 6.66. The highest BCUT2D eigenvalue weighted by Gasteiger charge is 2.24. The Morgan fingerprint density at radius 2 is 1.79 bits per heavy atom. The summed E-state index contributed by atoms with van der Waals surface area (Å²) in [5.74, 6) is -0.340. The fraction of sp³-hybridized carbons (Fsp3) is 0.550. The van der Waals surface area contributed by atoms with E-state index in [-0.39, 0.29) is 31.0 Å². The van der Waals surface area contributed by atoms with Crippen LogP contribution in [0.2, 0.25) is 0 Å². The third-order valence-corrected chi connectivity index (χ3v) is 4.74. The Kier molecular flexibility index (Phi) is 8.25. The molecule has 1 fully saturated rings. The first-order valence-electron chi connectivity index (χ1n) is 9.70. The summed E-state index contributed by atoms with van der Waals surface area (Å²) in [4.78, 5) is 41.5. The van der Waals surface area contributed by atoms with E-state index in [1.54, 1.807) is 18.9 Å². The van der Waals surface area contributed by atoms with Gasteiger partial charge in [0, 0.05) is 38.9 Å². The Bertz CT molecular complexity index is 687. The average molecular weight is 390 g/mol. The Morgan fingerprint density at radius 1 is 1.11 bits per heavy atom. The summed E-state index contributed by atoms with van der Waals surface area (Å²) in [5, 5.41) is 2.88. The van der Waals surface area contributed by atoms with Crippen molar-refractivity contribution in [2.24, 2.45) is 0 Å². The summed E-state index contributed by atoms with van der Waals surface area (Å²) in [5.41, 5.74) is 1.84. The van der Waals surface area contributed by atoms with Gasteiger partial charge in [0.2, 0.25) is 11.8 Å². The van der Waals surface area contributed by atoms with Crippen molar-refractivity contribution >= 4 is 23.6 Å². The quantitative estimate of drug-likeness (QED) is 0.761. The Balaban J connectivity index is 1.77. The van der Waals surface area contributed by atoms with E-state index in [1.165, 1.54) is 4.90 Å². The minimum Gasteiger partial charge on any atom is -0.450 e. The Labute approximate surface area is 166 Å². The van der Waals surface area contributed by atoms with E-state index in [0.29, 0.717) is 32.8 Å². The number of para-hydroxylation sites is 1. The smallest absolute Gasteiger partial charge is 0.409 e. The number of carbonyl (C=O) groups excluding carboxylic acids is 3. The zero-order valence-electron chi connectivity index (χ0n) is 16.9. The number of hydrogen-bond donors (Lipinski definition) is 1. The first kappa shape index (κ1) is 21.7. The molecule has 0 atom stereocenters. The third kappa shape index (κ3) is 6.23. The molecule has 1 heterocycles. The van der Waals surface area contributed by atoms with E-state index in [2.05, 4.69) is 5.32 Å². The number of hydrogen-bond acceptors (Lipinski definition) is 5. The van der Waals surface area contributed by atoms with Gasteiger partial charge in [-0.1, -0.05) is 25.1 Å². The fourth-order valence-corrected chi connectivity index (χ4v) is 3.06. The van der Waals surface area contributed by atoms with Crippen LogP contribution in [0.4, 0.5) is 10.5 Å². The van der Waals surface area contributed by atoms with E-state index in [4.69, 9.17) is 4.74 Å². The molecule has 1 aliphatic rings. The number of benzene rings is 1. The monoisotopic (exact) mass is 390 g/mol. The van der Waals surface area contributed by atoms with Crippen molar-refractivity contribution in [3.8, 4) is 0 Å². The van der Waals surface area contributed by atoms with E-state index in [9.17, 15) is 14.4 Å². The van der Waals surface area contributed by atoms with Gasteiger partial charge in [0.1, 0.15) is 0 Å². The van der Waals surface area contributed by atoms with Crippen LogP contribution in [0, 0.1) is 0 Å². The van der Waals surface area contributed by atoms with E-state index in [0.717, 1.165) is 17.7 Å². The van der Waals surface area contributed by atoms with Crippen molar-refractivity contribution in [3.63, 3.8) is 0 Å². The minimum atomic E-state index is -0.311. The maximum atomic E-state index is 12.4. The number of nitrogens with one attached hydrogen (secondary N) is 1. The number of rotatable bonds is 7. The number of aryl methyl sites for hydroxylation is 1. The lowest BCUT2D eigenvalue weighted by atomic mass is 10.1. The third-order valence-electron chi connectivity index (χ3n) is 4.74. The first-order chi connectivity index (χ1) is 13.4. The minimum absolute atomic E-state index is 0.000325. The lowest BCUT2D eigenvalue weighted by Gasteiger charge is -2.34. The molecule has 0 aliphatic carbocycles. The SMILES string of the molecule is CCOC(=O)N1CCN(CC(=O)N(C)CC(=O)Nc2ccccc2CC)CC1. The second kappa shape index (κ2) is 10.7. The van der Waals surface area contributed by atoms with Gasteiger partial charge >= 0.3 is 6.09 Å². The highest BCUT2D eigenvalue weighted by Crippen LogP contribution is 2.15. The summed E-state index contributed by atoms with van der Waals surface area (Å²) in [6.07, 6.45) is 0.512. The maximum Gasteiger partial charge on any atom is 0.409 e. The van der Waals surface area contributed by atoms with Gasteiger partial charge in [-0.25, -0.2) is 4.79 Å². The molecule has 1 N–H and O–H groups in total. The molecule has 8 heteroatoms. The van der Waals surface area contributed by atoms with Gasteiger partial charge in [-0.2, -0.15) is 0 Å². The molecule has 0 unspecified atom stereocenters. The molecule has 0 spiro atoms. The molecule has 2 rings (SSSR count). The predicted molar refractivity (Wildman–Crippen MR) is 107 cm³/mol. The number of amides is 3. The molecule has 1 saturated heterocycles. The van der Waals surface area contributed by atoms with Gasteiger partial charge in [-0.3, -0.25) is 14.5 Å². The molecule has 3 amide bonds.